The van der Waals surface area contributed by atoms with Gasteiger partial charge < -0.3 is 5.73 Å². The van der Waals surface area contributed by atoms with Crippen LogP contribution in [0.1, 0.15) is 52.4 Å². The van der Waals surface area contributed by atoms with Crippen molar-refractivity contribution >= 4 is 0 Å². The third-order valence-corrected chi connectivity index (χ3v) is 6.06. The third-order valence-electron chi connectivity index (χ3n) is 6.06. The highest BCUT2D eigenvalue weighted by Gasteiger charge is 2.42. The van der Waals surface area contributed by atoms with Crippen LogP contribution in [-0.2, 0) is 0 Å². The predicted octanol–water partition coefficient (Wildman–Crippen LogP) is 2.06. The monoisotopic (exact) mass is 265 g/mol. The van der Waals surface area contributed by atoms with E-state index in [9.17, 15) is 0 Å². The van der Waals surface area contributed by atoms with Crippen molar-refractivity contribution in [1.29, 1.82) is 0 Å². The summed E-state index contributed by atoms with van der Waals surface area (Å²) in [5.74, 6) is 0. The molecule has 3 fully saturated rings. The van der Waals surface area contributed by atoms with E-state index >= 15 is 0 Å². The first-order valence-corrected chi connectivity index (χ1v) is 8.31. The van der Waals surface area contributed by atoms with Gasteiger partial charge in [-0.3, -0.25) is 9.80 Å². The fourth-order valence-corrected chi connectivity index (χ4v) is 4.50. The molecule has 0 spiro atoms. The Balaban J connectivity index is 1.53. The van der Waals surface area contributed by atoms with E-state index in [-0.39, 0.29) is 0 Å². The van der Waals surface area contributed by atoms with Gasteiger partial charge in [0.15, 0.2) is 0 Å². The van der Waals surface area contributed by atoms with Crippen LogP contribution in [0.2, 0.25) is 0 Å². The molecule has 2 aliphatic carbocycles. The van der Waals surface area contributed by atoms with E-state index in [1.165, 1.54) is 64.7 Å². The van der Waals surface area contributed by atoms with Crippen LogP contribution in [0.4, 0.5) is 0 Å². The van der Waals surface area contributed by atoms with Gasteiger partial charge in [-0.15, -0.1) is 0 Å². The average molecular weight is 265 g/mol. The molecule has 1 heterocycles. The van der Waals surface area contributed by atoms with E-state index in [4.69, 9.17) is 5.73 Å². The van der Waals surface area contributed by atoms with Crippen LogP contribution in [0.25, 0.3) is 0 Å². The van der Waals surface area contributed by atoms with E-state index in [0.29, 0.717) is 17.5 Å². The average Bonchev–Trinajstić information content (AvgIpc) is 3.01. The number of hydrogen-bond donors (Lipinski definition) is 1. The van der Waals surface area contributed by atoms with Gasteiger partial charge in [-0.25, -0.2) is 0 Å². The van der Waals surface area contributed by atoms with Gasteiger partial charge in [0, 0.05) is 44.3 Å². The van der Waals surface area contributed by atoms with Crippen molar-refractivity contribution < 1.29 is 0 Å². The van der Waals surface area contributed by atoms with Crippen LogP contribution in [0, 0.1) is 5.41 Å². The highest BCUT2D eigenvalue weighted by Crippen LogP contribution is 2.39. The Morgan fingerprint density at radius 2 is 1.47 bits per heavy atom. The van der Waals surface area contributed by atoms with Crippen LogP contribution in [-0.4, -0.2) is 54.1 Å². The fourth-order valence-electron chi connectivity index (χ4n) is 4.50. The quantitative estimate of drug-likeness (QED) is 0.829. The maximum atomic E-state index is 6.49. The van der Waals surface area contributed by atoms with Crippen molar-refractivity contribution in [1.82, 2.24) is 9.80 Å². The first kappa shape index (κ1) is 13.8. The second-order valence-corrected chi connectivity index (χ2v) is 7.63. The lowest BCUT2D eigenvalue weighted by Crippen LogP contribution is -2.57. The molecule has 3 nitrogen and oxygen atoms in total. The summed E-state index contributed by atoms with van der Waals surface area (Å²) >= 11 is 0. The molecule has 0 aromatic rings. The van der Waals surface area contributed by atoms with Crippen LogP contribution < -0.4 is 5.73 Å². The van der Waals surface area contributed by atoms with Crippen molar-refractivity contribution in [2.45, 2.75) is 70.5 Å². The van der Waals surface area contributed by atoms with E-state index in [1.807, 2.05) is 0 Å². The van der Waals surface area contributed by atoms with Crippen LogP contribution in [0.5, 0.6) is 0 Å². The molecule has 0 aromatic carbocycles. The van der Waals surface area contributed by atoms with E-state index in [0.717, 1.165) is 6.04 Å². The zero-order valence-electron chi connectivity index (χ0n) is 12.8. The maximum Gasteiger partial charge on any atom is 0.0253 e. The van der Waals surface area contributed by atoms with Crippen molar-refractivity contribution in [2.75, 3.05) is 26.2 Å². The summed E-state index contributed by atoms with van der Waals surface area (Å²) in [7, 11) is 0. The van der Waals surface area contributed by atoms with E-state index in [2.05, 4.69) is 23.6 Å². The van der Waals surface area contributed by atoms with Gasteiger partial charge >= 0.3 is 0 Å². The molecule has 3 heteroatoms. The Labute approximate surface area is 118 Å². The molecule has 0 amide bonds. The van der Waals surface area contributed by atoms with Crippen molar-refractivity contribution in [3.05, 3.63) is 0 Å². The zero-order chi connectivity index (χ0) is 13.5. The molecule has 2 unspecified atom stereocenters. The van der Waals surface area contributed by atoms with Gasteiger partial charge in [-0.05, 0) is 31.1 Å². The molecule has 0 radical (unpaired) electrons. The standard InChI is InChI=1S/C16H31N3/c1-16(2)8-7-14(15(16)17)19-11-9-18(10-12-19)13-5-3-4-6-13/h13-15H,3-12,17H2,1-2H3. The molecule has 19 heavy (non-hydrogen) atoms. The molecule has 110 valence electrons. The predicted molar refractivity (Wildman–Crippen MR) is 80.2 cm³/mol. The molecule has 3 aliphatic rings. The Morgan fingerprint density at radius 1 is 0.895 bits per heavy atom. The Bertz CT molecular complexity index is 301. The molecule has 1 saturated heterocycles. The highest BCUT2D eigenvalue weighted by molar-refractivity contribution is 5.00. The van der Waals surface area contributed by atoms with Crippen LogP contribution in [0.15, 0.2) is 0 Å². The molecule has 2 atom stereocenters. The second kappa shape index (κ2) is 5.34. The normalized spacial score (nSPS) is 38.1. The summed E-state index contributed by atoms with van der Waals surface area (Å²) in [6, 6.07) is 1.90. The van der Waals surface area contributed by atoms with Gasteiger partial charge in [-0.1, -0.05) is 26.7 Å². The van der Waals surface area contributed by atoms with Gasteiger partial charge in [0.1, 0.15) is 0 Å². The molecule has 0 aromatic heterocycles. The lowest BCUT2D eigenvalue weighted by atomic mass is 9.87. The van der Waals surface area contributed by atoms with Gasteiger partial charge in [0.2, 0.25) is 0 Å². The van der Waals surface area contributed by atoms with Crippen LogP contribution in [0.3, 0.4) is 0 Å². The highest BCUT2D eigenvalue weighted by atomic mass is 15.3. The molecule has 0 bridgehead atoms. The first-order valence-electron chi connectivity index (χ1n) is 8.31. The minimum absolute atomic E-state index is 0.341. The molecular formula is C16H31N3. The summed E-state index contributed by atoms with van der Waals surface area (Å²) in [5, 5.41) is 0. The minimum Gasteiger partial charge on any atom is -0.326 e. The lowest BCUT2D eigenvalue weighted by Gasteiger charge is -2.42. The second-order valence-electron chi connectivity index (χ2n) is 7.63. The number of hydrogen-bond acceptors (Lipinski definition) is 3. The lowest BCUT2D eigenvalue weighted by molar-refractivity contribution is 0.0624. The summed E-state index contributed by atoms with van der Waals surface area (Å²) in [6.45, 7) is 9.71. The van der Waals surface area contributed by atoms with Gasteiger partial charge in [0.05, 0.1) is 0 Å². The van der Waals surface area contributed by atoms with Crippen molar-refractivity contribution in [3.63, 3.8) is 0 Å². The summed E-state index contributed by atoms with van der Waals surface area (Å²) < 4.78 is 0. The SMILES string of the molecule is CC1(C)CCC(N2CCN(C3CCCC3)CC2)C1N. The third kappa shape index (κ3) is 2.70. The van der Waals surface area contributed by atoms with Crippen molar-refractivity contribution in [2.24, 2.45) is 11.1 Å². The summed E-state index contributed by atoms with van der Waals surface area (Å²) in [5.41, 5.74) is 6.83. The first-order chi connectivity index (χ1) is 9.08. The van der Waals surface area contributed by atoms with Crippen molar-refractivity contribution in [3.8, 4) is 0 Å². The number of piperazine rings is 1. The molecule has 2 saturated carbocycles. The van der Waals surface area contributed by atoms with Crippen LogP contribution >= 0.6 is 0 Å². The maximum absolute atomic E-state index is 6.49. The minimum atomic E-state index is 0.341. The Hall–Kier alpha value is -0.120. The summed E-state index contributed by atoms with van der Waals surface area (Å²) in [6.07, 6.45) is 8.38. The molecular weight excluding hydrogens is 234 g/mol. The number of nitrogens with two attached hydrogens (primary N) is 1. The molecule has 1 aliphatic heterocycles. The van der Waals surface area contributed by atoms with E-state index in [1.54, 1.807) is 0 Å². The number of nitrogens with zero attached hydrogens (tertiary/aromatic N) is 2. The fraction of sp³-hybridized carbons (Fsp3) is 1.00. The number of rotatable bonds is 2. The zero-order valence-corrected chi connectivity index (χ0v) is 12.8. The topological polar surface area (TPSA) is 32.5 Å². The summed E-state index contributed by atoms with van der Waals surface area (Å²) in [4.78, 5) is 5.43. The van der Waals surface area contributed by atoms with E-state index < -0.39 is 0 Å². The molecule has 2 N–H and O–H groups in total. The van der Waals surface area contributed by atoms with Gasteiger partial charge in [0.25, 0.3) is 0 Å². The molecule has 3 rings (SSSR count). The Morgan fingerprint density at radius 3 is 2.00 bits per heavy atom. The Kier molecular flexibility index (Phi) is 3.89. The van der Waals surface area contributed by atoms with Gasteiger partial charge in [-0.2, -0.15) is 0 Å². The largest absolute Gasteiger partial charge is 0.326 e. The smallest absolute Gasteiger partial charge is 0.0253 e.